The second-order valence-electron chi connectivity index (χ2n) is 6.21. The predicted molar refractivity (Wildman–Crippen MR) is 91.9 cm³/mol. The Bertz CT molecular complexity index is 540. The van der Waals surface area contributed by atoms with Crippen molar-refractivity contribution < 1.29 is 14.6 Å². The van der Waals surface area contributed by atoms with Gasteiger partial charge in [0.15, 0.2) is 0 Å². The van der Waals surface area contributed by atoms with Gasteiger partial charge in [0, 0.05) is 36.5 Å². The van der Waals surface area contributed by atoms with Crippen molar-refractivity contribution in [2.75, 3.05) is 44.4 Å². The zero-order valence-corrected chi connectivity index (χ0v) is 14.1. The number of benzene rings is 1. The summed E-state index contributed by atoms with van der Waals surface area (Å²) in [6.07, 6.45) is 1.33. The summed E-state index contributed by atoms with van der Waals surface area (Å²) in [4.78, 5) is 14.8. The van der Waals surface area contributed by atoms with E-state index >= 15 is 0 Å². The van der Waals surface area contributed by atoms with E-state index in [0.29, 0.717) is 12.1 Å². The molecule has 0 aromatic heterocycles. The zero-order valence-electron chi connectivity index (χ0n) is 13.3. The van der Waals surface area contributed by atoms with Gasteiger partial charge in [-0.05, 0) is 18.2 Å². The number of phenols is 1. The lowest BCUT2D eigenvalue weighted by Gasteiger charge is -2.43. The molecule has 1 aromatic carbocycles. The van der Waals surface area contributed by atoms with E-state index in [4.69, 9.17) is 4.74 Å². The molecular weight excluding hydrogens is 312 g/mol. The van der Waals surface area contributed by atoms with Crippen LogP contribution >= 0.6 is 11.8 Å². The number of amides is 1. The van der Waals surface area contributed by atoms with Gasteiger partial charge in [-0.1, -0.05) is 18.2 Å². The molecule has 6 heteroatoms. The van der Waals surface area contributed by atoms with E-state index in [1.165, 1.54) is 0 Å². The van der Waals surface area contributed by atoms with Crippen LogP contribution in [0, 0.1) is 0 Å². The third-order valence-corrected chi connectivity index (χ3v) is 5.96. The van der Waals surface area contributed by atoms with Crippen LogP contribution in [0.1, 0.15) is 12.0 Å². The molecule has 2 N–H and O–H groups in total. The van der Waals surface area contributed by atoms with E-state index in [9.17, 15) is 9.90 Å². The first-order chi connectivity index (χ1) is 11.2. The minimum Gasteiger partial charge on any atom is -0.508 e. The Labute approximate surface area is 141 Å². The van der Waals surface area contributed by atoms with Crippen LogP contribution < -0.4 is 5.32 Å². The average Bonchev–Trinajstić information content (AvgIpc) is 3.06. The number of carbonyl (C=O) groups is 1. The third-order valence-electron chi connectivity index (χ3n) is 4.72. The van der Waals surface area contributed by atoms with Gasteiger partial charge in [-0.3, -0.25) is 9.69 Å². The minimum absolute atomic E-state index is 0.0314. The number of phenolic OH excluding ortho intramolecular Hbond substituents is 1. The number of nitrogens with zero attached hydrogens (tertiary/aromatic N) is 1. The molecular formula is C17H24N2O3S. The smallest absolute Gasteiger partial charge is 0.224 e. The summed E-state index contributed by atoms with van der Waals surface area (Å²) in [5.41, 5.74) is 0.731. The monoisotopic (exact) mass is 336 g/mol. The quantitative estimate of drug-likeness (QED) is 0.848. The maximum atomic E-state index is 12.3. The van der Waals surface area contributed by atoms with Crippen LogP contribution in [0.4, 0.5) is 0 Å². The van der Waals surface area contributed by atoms with Gasteiger partial charge >= 0.3 is 0 Å². The van der Waals surface area contributed by atoms with Gasteiger partial charge in [0.1, 0.15) is 5.75 Å². The molecule has 0 unspecified atom stereocenters. The summed E-state index contributed by atoms with van der Waals surface area (Å²) >= 11 is 1.96. The Balaban J connectivity index is 1.58. The highest BCUT2D eigenvalue weighted by Crippen LogP contribution is 2.33. The number of para-hydroxylation sites is 1. The number of nitrogens with one attached hydrogen (secondary N) is 1. The fourth-order valence-corrected chi connectivity index (χ4v) is 4.77. The molecule has 5 nitrogen and oxygen atoms in total. The molecule has 1 atom stereocenters. The molecule has 126 valence electrons. The van der Waals surface area contributed by atoms with Crippen LogP contribution in [0.3, 0.4) is 0 Å². The van der Waals surface area contributed by atoms with Crippen molar-refractivity contribution in [3.05, 3.63) is 29.8 Å². The van der Waals surface area contributed by atoms with Crippen LogP contribution in [0.25, 0.3) is 0 Å². The number of morpholine rings is 1. The predicted octanol–water partition coefficient (Wildman–Crippen LogP) is 1.26. The Hall–Kier alpha value is -1.24. The SMILES string of the molecule is O=C(Cc1ccccc1O)NC[C@]1(N2CCOCC2)CCSC1. The maximum Gasteiger partial charge on any atom is 0.224 e. The molecule has 0 spiro atoms. The molecule has 1 amide bonds. The van der Waals surface area contributed by atoms with Gasteiger partial charge in [-0.2, -0.15) is 11.8 Å². The van der Waals surface area contributed by atoms with Crippen LogP contribution in [-0.2, 0) is 16.0 Å². The van der Waals surface area contributed by atoms with Crippen LogP contribution in [0.2, 0.25) is 0 Å². The topological polar surface area (TPSA) is 61.8 Å². The van der Waals surface area contributed by atoms with Gasteiger partial charge in [-0.25, -0.2) is 0 Å². The van der Waals surface area contributed by atoms with Crippen molar-refractivity contribution in [2.45, 2.75) is 18.4 Å². The van der Waals surface area contributed by atoms with Crippen LogP contribution in [0.5, 0.6) is 5.75 Å². The van der Waals surface area contributed by atoms with Crippen LogP contribution in [-0.4, -0.2) is 65.8 Å². The lowest BCUT2D eigenvalue weighted by atomic mass is 9.95. The van der Waals surface area contributed by atoms with E-state index in [1.54, 1.807) is 18.2 Å². The molecule has 0 aliphatic carbocycles. The molecule has 1 aromatic rings. The van der Waals surface area contributed by atoms with Crippen molar-refractivity contribution in [1.29, 1.82) is 0 Å². The number of aromatic hydroxyl groups is 1. The first-order valence-corrected chi connectivity index (χ1v) is 9.29. The zero-order chi connectivity index (χ0) is 16.1. The van der Waals surface area contributed by atoms with E-state index in [1.807, 2.05) is 17.8 Å². The van der Waals surface area contributed by atoms with Gasteiger partial charge in [0.05, 0.1) is 19.6 Å². The second kappa shape index (κ2) is 7.55. The highest BCUT2D eigenvalue weighted by Gasteiger charge is 2.40. The van der Waals surface area contributed by atoms with Crippen molar-refractivity contribution in [2.24, 2.45) is 0 Å². The standard InChI is InChI=1S/C17H24N2O3S/c20-15-4-2-1-3-14(15)11-16(21)18-12-17(5-10-23-13-17)19-6-8-22-9-7-19/h1-4,20H,5-13H2,(H,18,21)/t17-/m1/s1. The number of thioether (sulfide) groups is 1. The van der Waals surface area contributed by atoms with E-state index in [0.717, 1.165) is 44.2 Å². The molecule has 0 radical (unpaired) electrons. The maximum absolute atomic E-state index is 12.3. The highest BCUT2D eigenvalue weighted by atomic mass is 32.2. The summed E-state index contributed by atoms with van der Waals surface area (Å²) in [5, 5.41) is 12.9. The van der Waals surface area contributed by atoms with Crippen molar-refractivity contribution in [3.63, 3.8) is 0 Å². The van der Waals surface area contributed by atoms with Gasteiger partial charge in [0.25, 0.3) is 0 Å². The fourth-order valence-electron chi connectivity index (χ4n) is 3.29. The Morgan fingerprint density at radius 1 is 1.35 bits per heavy atom. The van der Waals surface area contributed by atoms with Gasteiger partial charge in [0.2, 0.25) is 5.91 Å². The highest BCUT2D eigenvalue weighted by molar-refractivity contribution is 7.99. The molecule has 2 heterocycles. The van der Waals surface area contributed by atoms with E-state index in [-0.39, 0.29) is 23.6 Å². The first-order valence-electron chi connectivity index (χ1n) is 8.14. The molecule has 0 saturated carbocycles. The number of ether oxygens (including phenoxy) is 1. The molecule has 2 aliphatic heterocycles. The van der Waals surface area contributed by atoms with Crippen molar-refractivity contribution >= 4 is 17.7 Å². The fraction of sp³-hybridized carbons (Fsp3) is 0.588. The number of carbonyl (C=O) groups excluding carboxylic acids is 1. The van der Waals surface area contributed by atoms with E-state index < -0.39 is 0 Å². The Morgan fingerprint density at radius 3 is 2.83 bits per heavy atom. The molecule has 3 rings (SSSR count). The number of hydrogen-bond donors (Lipinski definition) is 2. The lowest BCUT2D eigenvalue weighted by molar-refractivity contribution is -0.121. The third kappa shape index (κ3) is 4.00. The van der Waals surface area contributed by atoms with Gasteiger partial charge in [-0.15, -0.1) is 0 Å². The van der Waals surface area contributed by atoms with Gasteiger partial charge < -0.3 is 15.2 Å². The lowest BCUT2D eigenvalue weighted by Crippen LogP contribution is -2.59. The normalized spacial score (nSPS) is 25.4. The first kappa shape index (κ1) is 16.6. The summed E-state index contributed by atoms with van der Waals surface area (Å²) < 4.78 is 5.46. The summed E-state index contributed by atoms with van der Waals surface area (Å²) in [5.74, 6) is 2.36. The molecule has 2 fully saturated rings. The molecule has 0 bridgehead atoms. The molecule has 23 heavy (non-hydrogen) atoms. The second-order valence-corrected chi connectivity index (χ2v) is 7.31. The largest absolute Gasteiger partial charge is 0.508 e. The van der Waals surface area contributed by atoms with E-state index in [2.05, 4.69) is 10.2 Å². The summed E-state index contributed by atoms with van der Waals surface area (Å²) in [6.45, 7) is 4.11. The van der Waals surface area contributed by atoms with Crippen molar-refractivity contribution in [3.8, 4) is 5.75 Å². The summed E-state index contributed by atoms with van der Waals surface area (Å²) in [7, 11) is 0. The summed E-state index contributed by atoms with van der Waals surface area (Å²) in [6, 6.07) is 7.01. The Morgan fingerprint density at radius 2 is 2.13 bits per heavy atom. The average molecular weight is 336 g/mol. The molecule has 2 saturated heterocycles. The van der Waals surface area contributed by atoms with Crippen LogP contribution in [0.15, 0.2) is 24.3 Å². The number of hydrogen-bond acceptors (Lipinski definition) is 5. The minimum atomic E-state index is -0.0314. The number of rotatable bonds is 5. The Kier molecular flexibility index (Phi) is 5.46. The molecule has 2 aliphatic rings. The van der Waals surface area contributed by atoms with Crippen molar-refractivity contribution in [1.82, 2.24) is 10.2 Å².